The van der Waals surface area contributed by atoms with E-state index >= 15 is 0 Å². The number of anilines is 1. The molecule has 0 radical (unpaired) electrons. The zero-order chi connectivity index (χ0) is 10.6. The Hall–Kier alpha value is -1.76. The van der Waals surface area contributed by atoms with Crippen LogP contribution < -0.4 is 5.01 Å². The third-order valence-electron chi connectivity index (χ3n) is 1.39. The van der Waals surface area contributed by atoms with E-state index in [1.807, 2.05) is 0 Å². The number of hydrogen-bond donors (Lipinski definition) is 1. The SMILES string of the molecule is CN(N=O)c1cnc(C(Cl)=NO)cn1. The Morgan fingerprint density at radius 3 is 2.71 bits per heavy atom. The predicted molar refractivity (Wildman–Crippen MR) is 50.4 cm³/mol. The van der Waals surface area contributed by atoms with Crippen molar-refractivity contribution in [1.82, 2.24) is 9.97 Å². The molecular formula is C6H6ClN5O2. The van der Waals surface area contributed by atoms with Gasteiger partial charge in [-0.15, -0.1) is 4.91 Å². The smallest absolute Gasteiger partial charge is 0.195 e. The quantitative estimate of drug-likeness (QED) is 0.351. The molecule has 0 saturated carbocycles. The highest BCUT2D eigenvalue weighted by molar-refractivity contribution is 6.69. The minimum absolute atomic E-state index is 0.175. The van der Waals surface area contributed by atoms with Crippen molar-refractivity contribution in [2.24, 2.45) is 10.4 Å². The Bertz CT molecular complexity index is 352. The molecule has 0 aliphatic rings. The summed E-state index contributed by atoms with van der Waals surface area (Å²) in [6.45, 7) is 0. The van der Waals surface area contributed by atoms with E-state index in [1.165, 1.54) is 19.4 Å². The fourth-order valence-electron chi connectivity index (χ4n) is 0.688. The maximum atomic E-state index is 10.1. The summed E-state index contributed by atoms with van der Waals surface area (Å²) in [5.41, 5.74) is 0.206. The Morgan fingerprint density at radius 1 is 1.57 bits per heavy atom. The van der Waals surface area contributed by atoms with Crippen molar-refractivity contribution in [3.8, 4) is 0 Å². The number of nitroso groups, excluding NO2 is 1. The van der Waals surface area contributed by atoms with Gasteiger partial charge in [0.15, 0.2) is 11.0 Å². The summed E-state index contributed by atoms with van der Waals surface area (Å²) < 4.78 is 0. The number of halogens is 1. The normalized spacial score (nSPS) is 11.1. The summed E-state index contributed by atoms with van der Waals surface area (Å²) in [6.07, 6.45) is 2.54. The van der Waals surface area contributed by atoms with E-state index in [1.54, 1.807) is 0 Å². The van der Waals surface area contributed by atoms with Gasteiger partial charge in [0.25, 0.3) is 0 Å². The Balaban J connectivity index is 2.94. The van der Waals surface area contributed by atoms with Gasteiger partial charge in [-0.3, -0.25) is 0 Å². The van der Waals surface area contributed by atoms with E-state index in [4.69, 9.17) is 16.8 Å². The van der Waals surface area contributed by atoms with E-state index in [0.29, 0.717) is 0 Å². The van der Waals surface area contributed by atoms with Crippen molar-refractivity contribution in [3.63, 3.8) is 0 Å². The summed E-state index contributed by atoms with van der Waals surface area (Å²) in [7, 11) is 1.43. The van der Waals surface area contributed by atoms with Crippen molar-refractivity contribution in [1.29, 1.82) is 0 Å². The molecule has 7 nitrogen and oxygen atoms in total. The maximum absolute atomic E-state index is 10.1. The van der Waals surface area contributed by atoms with Crippen LogP contribution in [-0.2, 0) is 0 Å². The highest BCUT2D eigenvalue weighted by atomic mass is 35.5. The first kappa shape index (κ1) is 10.3. The zero-order valence-corrected chi connectivity index (χ0v) is 7.88. The van der Waals surface area contributed by atoms with Gasteiger partial charge in [0.05, 0.1) is 17.7 Å². The molecule has 1 aromatic rings. The lowest BCUT2D eigenvalue weighted by Crippen LogP contribution is -2.10. The molecule has 8 heteroatoms. The van der Waals surface area contributed by atoms with Crippen LogP contribution in [0.2, 0.25) is 0 Å². The monoisotopic (exact) mass is 215 g/mol. The van der Waals surface area contributed by atoms with Crippen molar-refractivity contribution in [3.05, 3.63) is 23.0 Å². The molecule has 74 valence electrons. The molecule has 0 amide bonds. The van der Waals surface area contributed by atoms with Crippen LogP contribution in [0.4, 0.5) is 5.82 Å². The second-order valence-electron chi connectivity index (χ2n) is 2.26. The van der Waals surface area contributed by atoms with Crippen molar-refractivity contribution in [2.75, 3.05) is 12.1 Å². The minimum atomic E-state index is -0.175. The van der Waals surface area contributed by atoms with Gasteiger partial charge in [0.2, 0.25) is 0 Å². The molecule has 1 rings (SSSR count). The summed E-state index contributed by atoms with van der Waals surface area (Å²) in [6, 6.07) is 0. The molecule has 0 atom stereocenters. The standard InChI is InChI=1S/C6H6ClN5O2/c1-12(11-14)5-3-8-4(2-9-5)6(7)10-13/h2-3,13H,1H3. The van der Waals surface area contributed by atoms with Gasteiger partial charge in [-0.2, -0.15) is 0 Å². The van der Waals surface area contributed by atoms with Gasteiger partial charge < -0.3 is 5.21 Å². The van der Waals surface area contributed by atoms with Crippen LogP contribution in [-0.4, -0.2) is 27.4 Å². The first-order valence-electron chi connectivity index (χ1n) is 3.46. The highest BCUT2D eigenvalue weighted by Gasteiger charge is 2.05. The van der Waals surface area contributed by atoms with Crippen LogP contribution >= 0.6 is 11.6 Å². The van der Waals surface area contributed by atoms with Gasteiger partial charge >= 0.3 is 0 Å². The molecule has 0 fully saturated rings. The van der Waals surface area contributed by atoms with Crippen molar-refractivity contribution >= 4 is 22.6 Å². The number of nitrogens with zero attached hydrogens (tertiary/aromatic N) is 5. The fraction of sp³-hybridized carbons (Fsp3) is 0.167. The van der Waals surface area contributed by atoms with Crippen LogP contribution in [0, 0.1) is 4.91 Å². The van der Waals surface area contributed by atoms with E-state index < -0.39 is 0 Å². The lowest BCUT2D eigenvalue weighted by atomic mass is 10.5. The average Bonchev–Trinajstić information content (AvgIpc) is 2.27. The molecule has 0 unspecified atom stereocenters. The number of rotatable bonds is 3. The molecule has 0 saturated heterocycles. The second-order valence-corrected chi connectivity index (χ2v) is 2.61. The molecular weight excluding hydrogens is 210 g/mol. The summed E-state index contributed by atoms with van der Waals surface area (Å²) in [5.74, 6) is 0.270. The molecule has 0 aromatic carbocycles. The Labute approximate surface area is 84.0 Å². The molecule has 0 bridgehead atoms. The Kier molecular flexibility index (Phi) is 3.29. The van der Waals surface area contributed by atoms with Gasteiger partial charge in [-0.25, -0.2) is 15.0 Å². The van der Waals surface area contributed by atoms with Gasteiger partial charge in [-0.05, 0) is 0 Å². The fourth-order valence-corrected chi connectivity index (χ4v) is 0.786. The third-order valence-corrected chi connectivity index (χ3v) is 1.66. The lowest BCUT2D eigenvalue weighted by molar-refractivity contribution is 0.320. The first-order valence-corrected chi connectivity index (χ1v) is 3.83. The van der Waals surface area contributed by atoms with Crippen molar-refractivity contribution in [2.45, 2.75) is 0 Å². The molecule has 1 aromatic heterocycles. The van der Waals surface area contributed by atoms with E-state index in [0.717, 1.165) is 5.01 Å². The number of hydrogen-bond acceptors (Lipinski definition) is 6. The molecule has 0 aliphatic carbocycles. The van der Waals surface area contributed by atoms with Gasteiger partial charge in [-0.1, -0.05) is 16.8 Å². The largest absolute Gasteiger partial charge is 0.410 e. The number of aromatic nitrogens is 2. The Morgan fingerprint density at radius 2 is 2.29 bits per heavy atom. The van der Waals surface area contributed by atoms with E-state index in [9.17, 15) is 4.91 Å². The molecule has 1 N–H and O–H groups in total. The van der Waals surface area contributed by atoms with Crippen LogP contribution in [0.5, 0.6) is 0 Å². The number of oxime groups is 1. The lowest BCUT2D eigenvalue weighted by Gasteiger charge is -2.05. The maximum Gasteiger partial charge on any atom is 0.195 e. The summed E-state index contributed by atoms with van der Waals surface area (Å²) in [4.78, 5) is 17.7. The summed E-state index contributed by atoms with van der Waals surface area (Å²) in [5, 5.41) is 14.5. The van der Waals surface area contributed by atoms with Gasteiger partial charge in [0.1, 0.15) is 5.69 Å². The van der Waals surface area contributed by atoms with Crippen LogP contribution in [0.25, 0.3) is 0 Å². The third kappa shape index (κ3) is 2.13. The van der Waals surface area contributed by atoms with Gasteiger partial charge in [0, 0.05) is 7.05 Å². The topological polar surface area (TPSA) is 91.0 Å². The molecule has 0 aliphatic heterocycles. The molecule has 14 heavy (non-hydrogen) atoms. The summed E-state index contributed by atoms with van der Waals surface area (Å²) >= 11 is 5.46. The zero-order valence-electron chi connectivity index (χ0n) is 7.12. The van der Waals surface area contributed by atoms with E-state index in [-0.39, 0.29) is 16.7 Å². The first-order chi connectivity index (χ1) is 6.69. The predicted octanol–water partition coefficient (Wildman–Crippen LogP) is 0.969. The highest BCUT2D eigenvalue weighted by Crippen LogP contribution is 2.08. The van der Waals surface area contributed by atoms with Crippen molar-refractivity contribution < 1.29 is 5.21 Å². The second kappa shape index (κ2) is 4.47. The molecule has 1 heterocycles. The van der Waals surface area contributed by atoms with Crippen LogP contribution in [0.15, 0.2) is 22.8 Å². The van der Waals surface area contributed by atoms with E-state index in [2.05, 4.69) is 20.4 Å². The average molecular weight is 216 g/mol. The minimum Gasteiger partial charge on any atom is -0.410 e. The van der Waals surface area contributed by atoms with Crippen LogP contribution in [0.1, 0.15) is 5.69 Å². The molecule has 0 spiro atoms. The van der Waals surface area contributed by atoms with Crippen LogP contribution in [0.3, 0.4) is 0 Å².